The van der Waals surface area contributed by atoms with Gasteiger partial charge in [0, 0.05) is 6.20 Å². The second-order valence-electron chi connectivity index (χ2n) is 5.36. The summed E-state index contributed by atoms with van der Waals surface area (Å²) in [6.07, 6.45) is 1.45. The van der Waals surface area contributed by atoms with E-state index in [4.69, 9.17) is 16.3 Å². The van der Waals surface area contributed by atoms with Crippen LogP contribution in [0, 0.1) is 0 Å². The Morgan fingerprint density at radius 1 is 1.29 bits per heavy atom. The number of fused-ring (bicyclic) bond motifs is 1. The van der Waals surface area contributed by atoms with Gasteiger partial charge in [0.05, 0.1) is 24.2 Å². The summed E-state index contributed by atoms with van der Waals surface area (Å²) in [5.41, 5.74) is 2.03. The van der Waals surface area contributed by atoms with Crippen LogP contribution in [0.2, 0.25) is 5.02 Å². The lowest BCUT2D eigenvalue weighted by molar-refractivity contribution is -0.122. The van der Waals surface area contributed by atoms with Crippen LogP contribution < -0.4 is 4.72 Å². The van der Waals surface area contributed by atoms with E-state index in [1.54, 1.807) is 0 Å². The predicted octanol–water partition coefficient (Wildman–Crippen LogP) is 2.24. The van der Waals surface area contributed by atoms with Crippen LogP contribution in [0.5, 0.6) is 0 Å². The Bertz CT molecular complexity index is 853. The quantitative estimate of drug-likeness (QED) is 0.896. The van der Waals surface area contributed by atoms with Gasteiger partial charge < -0.3 is 4.74 Å². The lowest BCUT2D eigenvalue weighted by atomic mass is 9.96. The number of pyridine rings is 1. The van der Waals surface area contributed by atoms with E-state index in [1.807, 2.05) is 29.0 Å². The average Bonchev–Trinajstić information content (AvgIpc) is 2.55. The third kappa shape index (κ3) is 3.75. The summed E-state index contributed by atoms with van der Waals surface area (Å²) in [5, 5.41) is 0.0534. The highest BCUT2D eigenvalue weighted by Gasteiger charge is 2.26. The van der Waals surface area contributed by atoms with E-state index in [0.717, 1.165) is 17.5 Å². The Morgan fingerprint density at radius 3 is 2.83 bits per heavy atom. The van der Waals surface area contributed by atoms with E-state index in [-0.39, 0.29) is 11.4 Å². The Balaban J connectivity index is 1.71. The number of nitrogens with zero attached hydrogens (tertiary/aromatic N) is 1. The number of hydrogen-bond acceptors (Lipinski definition) is 5. The lowest BCUT2D eigenvalue weighted by Crippen LogP contribution is -2.33. The van der Waals surface area contributed by atoms with Crippen molar-refractivity contribution in [3.05, 3.63) is 58.7 Å². The molecule has 1 N–H and O–H groups in total. The van der Waals surface area contributed by atoms with Gasteiger partial charge in [0.1, 0.15) is 0 Å². The maximum Gasteiger partial charge on any atom is 0.281 e. The molecule has 6 nitrogen and oxygen atoms in total. The molecule has 0 bridgehead atoms. The zero-order chi connectivity index (χ0) is 17.2. The number of ether oxygens (including phenoxy) is 1. The molecule has 1 aliphatic heterocycles. The monoisotopic (exact) mass is 366 g/mol. The molecule has 1 aliphatic rings. The van der Waals surface area contributed by atoms with Gasteiger partial charge in [-0.25, -0.2) is 9.71 Å². The van der Waals surface area contributed by atoms with Crippen molar-refractivity contribution in [1.82, 2.24) is 9.71 Å². The van der Waals surface area contributed by atoms with Crippen molar-refractivity contribution in [1.29, 1.82) is 0 Å². The Hall–Kier alpha value is -1.96. The fraction of sp³-hybridized carbons (Fsp3) is 0.250. The summed E-state index contributed by atoms with van der Waals surface area (Å²) in [6, 6.07) is 10.3. The highest BCUT2D eigenvalue weighted by atomic mass is 35.5. The van der Waals surface area contributed by atoms with Crippen molar-refractivity contribution >= 4 is 27.5 Å². The third-order valence-electron chi connectivity index (χ3n) is 3.69. The molecule has 0 fully saturated rings. The zero-order valence-electron chi connectivity index (χ0n) is 12.6. The van der Waals surface area contributed by atoms with Crippen molar-refractivity contribution in [2.45, 2.75) is 24.0 Å². The highest BCUT2D eigenvalue weighted by molar-refractivity contribution is 7.90. The Morgan fingerprint density at radius 2 is 2.08 bits per heavy atom. The molecule has 0 spiro atoms. The second kappa shape index (κ2) is 6.88. The van der Waals surface area contributed by atoms with Crippen LogP contribution in [0.3, 0.4) is 0 Å². The number of nitrogens with one attached hydrogen (secondary N) is 1. The summed E-state index contributed by atoms with van der Waals surface area (Å²) in [7, 11) is -4.03. The minimum Gasteiger partial charge on any atom is -0.373 e. The number of rotatable bonds is 4. The van der Waals surface area contributed by atoms with Crippen LogP contribution in [0.25, 0.3) is 0 Å². The molecule has 8 heteroatoms. The van der Waals surface area contributed by atoms with Crippen LogP contribution in [-0.2, 0) is 26.0 Å². The molecule has 0 radical (unpaired) electrons. The minimum atomic E-state index is -4.03. The van der Waals surface area contributed by atoms with Gasteiger partial charge in [-0.05, 0) is 29.7 Å². The standard InChI is InChI=1S/C16H15ClN2O4S/c17-12-5-6-16(18-10-12)24(21,22)19-15(20)9-14-13-4-2-1-3-11(13)7-8-23-14/h1-6,10,14H,7-9H2,(H,19,20)/t14-/m0/s1. The molecule has 1 amide bonds. The fourth-order valence-electron chi connectivity index (χ4n) is 2.58. The molecule has 2 aromatic rings. The van der Waals surface area contributed by atoms with Crippen molar-refractivity contribution in [2.24, 2.45) is 0 Å². The predicted molar refractivity (Wildman–Crippen MR) is 88.0 cm³/mol. The molecule has 24 heavy (non-hydrogen) atoms. The summed E-state index contributed by atoms with van der Waals surface area (Å²) in [4.78, 5) is 15.9. The summed E-state index contributed by atoms with van der Waals surface area (Å²) in [6.45, 7) is 0.500. The largest absolute Gasteiger partial charge is 0.373 e. The van der Waals surface area contributed by atoms with Crippen LogP contribution in [0.15, 0.2) is 47.6 Å². The molecular weight excluding hydrogens is 352 g/mol. The number of hydrogen-bond donors (Lipinski definition) is 1. The third-order valence-corrected chi connectivity index (χ3v) is 5.20. The Labute approximate surface area is 144 Å². The molecule has 0 saturated carbocycles. The molecule has 3 rings (SSSR count). The van der Waals surface area contributed by atoms with E-state index >= 15 is 0 Å². The first-order chi connectivity index (χ1) is 11.5. The number of carbonyl (C=O) groups excluding carboxylic acids is 1. The van der Waals surface area contributed by atoms with E-state index in [9.17, 15) is 13.2 Å². The molecule has 0 saturated heterocycles. The zero-order valence-corrected chi connectivity index (χ0v) is 14.2. The molecule has 1 aromatic carbocycles. The summed E-state index contributed by atoms with van der Waals surface area (Å²) in [5.74, 6) is -0.645. The minimum absolute atomic E-state index is 0.0795. The normalized spacial score (nSPS) is 17.1. The highest BCUT2D eigenvalue weighted by Crippen LogP contribution is 2.29. The van der Waals surface area contributed by atoms with Crippen molar-refractivity contribution in [3.8, 4) is 0 Å². The molecular formula is C16H15ClN2O4S. The van der Waals surface area contributed by atoms with Gasteiger partial charge in [-0.3, -0.25) is 4.79 Å². The van der Waals surface area contributed by atoms with Gasteiger partial charge >= 0.3 is 0 Å². The maximum absolute atomic E-state index is 12.2. The average molecular weight is 367 g/mol. The number of sulfonamides is 1. The van der Waals surface area contributed by atoms with E-state index < -0.39 is 22.0 Å². The number of amides is 1. The molecule has 0 unspecified atom stereocenters. The molecule has 126 valence electrons. The van der Waals surface area contributed by atoms with Gasteiger partial charge in [-0.1, -0.05) is 35.9 Å². The van der Waals surface area contributed by atoms with Crippen LogP contribution in [0.1, 0.15) is 23.7 Å². The van der Waals surface area contributed by atoms with E-state index in [2.05, 4.69) is 4.98 Å². The fourth-order valence-corrected chi connectivity index (χ4v) is 3.62. The maximum atomic E-state index is 12.2. The number of halogens is 1. The number of carbonyl (C=O) groups is 1. The van der Waals surface area contributed by atoms with Crippen molar-refractivity contribution < 1.29 is 17.9 Å². The van der Waals surface area contributed by atoms with Gasteiger partial charge in [0.15, 0.2) is 5.03 Å². The van der Waals surface area contributed by atoms with E-state index in [1.165, 1.54) is 18.3 Å². The van der Waals surface area contributed by atoms with Crippen LogP contribution >= 0.6 is 11.6 Å². The van der Waals surface area contributed by atoms with Crippen molar-refractivity contribution in [2.75, 3.05) is 6.61 Å². The van der Waals surface area contributed by atoms with Gasteiger partial charge in [0.2, 0.25) is 5.91 Å². The number of benzene rings is 1. The molecule has 0 aliphatic carbocycles. The summed E-state index contributed by atoms with van der Waals surface area (Å²) >= 11 is 5.68. The molecule has 2 heterocycles. The second-order valence-corrected chi connectivity index (χ2v) is 7.42. The first-order valence-electron chi connectivity index (χ1n) is 7.32. The molecule has 1 atom stereocenters. The van der Waals surface area contributed by atoms with Gasteiger partial charge in [0.25, 0.3) is 10.0 Å². The molecule has 1 aromatic heterocycles. The lowest BCUT2D eigenvalue weighted by Gasteiger charge is -2.25. The van der Waals surface area contributed by atoms with Crippen LogP contribution in [0.4, 0.5) is 0 Å². The van der Waals surface area contributed by atoms with Crippen LogP contribution in [-0.4, -0.2) is 25.9 Å². The Kier molecular flexibility index (Phi) is 4.84. The van der Waals surface area contributed by atoms with Crippen molar-refractivity contribution in [3.63, 3.8) is 0 Å². The van der Waals surface area contributed by atoms with E-state index in [0.29, 0.717) is 11.6 Å². The SMILES string of the molecule is O=C(C[C@@H]1OCCc2ccccc21)NS(=O)(=O)c1ccc(Cl)cn1. The first-order valence-corrected chi connectivity index (χ1v) is 9.18. The smallest absolute Gasteiger partial charge is 0.281 e. The summed E-state index contributed by atoms with van der Waals surface area (Å²) < 4.78 is 32.0. The number of aromatic nitrogens is 1. The van der Waals surface area contributed by atoms with Gasteiger partial charge in [-0.2, -0.15) is 8.42 Å². The topological polar surface area (TPSA) is 85.4 Å². The van der Waals surface area contributed by atoms with Gasteiger partial charge in [-0.15, -0.1) is 0 Å². The first kappa shape index (κ1) is 16.9.